The molecule has 0 bridgehead atoms. The van der Waals surface area contributed by atoms with Gasteiger partial charge in [-0.1, -0.05) is 0 Å². The number of hydrazone groups is 1. The molecule has 0 spiro atoms. The number of aromatic carboxylic acids is 1. The quantitative estimate of drug-likeness (QED) is 0.310. The largest absolute Gasteiger partial charge is 0.493 e. The fraction of sp³-hybridized carbons (Fsp3) is 0.118. The lowest BCUT2D eigenvalue weighted by atomic mass is 10.2. The number of nitrogens with two attached hydrogens (primary N) is 1. The molecule has 0 atom stereocenters. The Morgan fingerprint density at radius 1 is 1.31 bits per heavy atom. The Balaban J connectivity index is 2.10. The number of carboxylic acids is 1. The zero-order valence-electron chi connectivity index (χ0n) is 13.7. The summed E-state index contributed by atoms with van der Waals surface area (Å²) in [4.78, 5) is 21.7. The van der Waals surface area contributed by atoms with Gasteiger partial charge in [0.15, 0.2) is 18.1 Å². The smallest absolute Gasteiger partial charge is 0.335 e. The molecule has 4 N–H and O–H groups in total. The van der Waals surface area contributed by atoms with E-state index in [4.69, 9.17) is 20.3 Å². The van der Waals surface area contributed by atoms with Crippen LogP contribution in [-0.2, 0) is 4.79 Å². The predicted molar refractivity (Wildman–Crippen MR) is 105 cm³/mol. The maximum Gasteiger partial charge on any atom is 0.335 e. The van der Waals surface area contributed by atoms with Gasteiger partial charge in [0.1, 0.15) is 0 Å². The van der Waals surface area contributed by atoms with E-state index in [0.29, 0.717) is 17.2 Å². The third kappa shape index (κ3) is 5.34. The molecule has 2 aromatic carbocycles. The Morgan fingerprint density at radius 2 is 2.00 bits per heavy atom. The summed E-state index contributed by atoms with van der Waals surface area (Å²) in [6.07, 6.45) is 1.58. The van der Waals surface area contributed by atoms with Gasteiger partial charge in [-0.2, -0.15) is 5.10 Å². The number of anilines is 1. The normalized spacial score (nSPS) is 10.5. The lowest BCUT2D eigenvalue weighted by molar-refractivity contribution is -0.119. The summed E-state index contributed by atoms with van der Waals surface area (Å²) < 4.78 is 11.4. The van der Waals surface area contributed by atoms with E-state index in [1.807, 2.05) is 0 Å². The maximum atomic E-state index is 10.9. The zero-order valence-corrected chi connectivity index (χ0v) is 15.9. The van der Waals surface area contributed by atoms with Gasteiger partial charge >= 0.3 is 5.97 Å². The Morgan fingerprint density at radius 3 is 2.58 bits per heavy atom. The van der Waals surface area contributed by atoms with Crippen LogP contribution in [0.3, 0.4) is 0 Å². The van der Waals surface area contributed by atoms with Gasteiger partial charge in [0.2, 0.25) is 0 Å². The molecule has 0 aromatic heterocycles. The number of methoxy groups -OCH3 is 1. The molecule has 0 heterocycles. The molecule has 2 rings (SSSR count). The second kappa shape index (κ2) is 9.04. The minimum atomic E-state index is -0.986. The summed E-state index contributed by atoms with van der Waals surface area (Å²) in [6, 6.07) is 9.71. The van der Waals surface area contributed by atoms with E-state index in [-0.39, 0.29) is 12.2 Å². The van der Waals surface area contributed by atoms with Crippen molar-refractivity contribution in [1.82, 2.24) is 0 Å². The van der Waals surface area contributed by atoms with Gasteiger partial charge in [-0.05, 0) is 64.6 Å². The molecular weight excluding hydrogens is 453 g/mol. The Labute approximate surface area is 163 Å². The van der Waals surface area contributed by atoms with Gasteiger partial charge in [-0.3, -0.25) is 10.2 Å². The van der Waals surface area contributed by atoms with Crippen LogP contribution in [0.15, 0.2) is 41.5 Å². The van der Waals surface area contributed by atoms with Gasteiger partial charge in [-0.15, -0.1) is 0 Å². The lowest BCUT2D eigenvalue weighted by Gasteiger charge is -2.12. The molecule has 136 valence electrons. The molecule has 0 saturated heterocycles. The van der Waals surface area contributed by atoms with Crippen molar-refractivity contribution in [2.45, 2.75) is 0 Å². The van der Waals surface area contributed by atoms with Crippen LogP contribution in [0.1, 0.15) is 15.9 Å². The van der Waals surface area contributed by atoms with Crippen LogP contribution in [0.5, 0.6) is 11.5 Å². The van der Waals surface area contributed by atoms with Crippen LogP contribution in [-0.4, -0.2) is 36.9 Å². The monoisotopic (exact) mass is 469 g/mol. The van der Waals surface area contributed by atoms with E-state index < -0.39 is 11.9 Å². The van der Waals surface area contributed by atoms with E-state index in [1.165, 1.54) is 19.2 Å². The second-order valence-electron chi connectivity index (χ2n) is 5.04. The van der Waals surface area contributed by atoms with Crippen LogP contribution >= 0.6 is 22.6 Å². The average Bonchev–Trinajstić information content (AvgIpc) is 2.60. The number of amides is 1. The highest BCUT2D eigenvalue weighted by atomic mass is 127. The van der Waals surface area contributed by atoms with E-state index >= 15 is 0 Å². The van der Waals surface area contributed by atoms with Crippen molar-refractivity contribution in [1.29, 1.82) is 0 Å². The zero-order chi connectivity index (χ0) is 19.1. The summed E-state index contributed by atoms with van der Waals surface area (Å²) in [5.41, 5.74) is 9.49. The topological polar surface area (TPSA) is 123 Å². The number of halogens is 1. The molecule has 8 nitrogen and oxygen atoms in total. The first-order chi connectivity index (χ1) is 12.4. The van der Waals surface area contributed by atoms with E-state index in [2.05, 4.69) is 33.1 Å². The van der Waals surface area contributed by atoms with E-state index in [0.717, 1.165) is 9.13 Å². The van der Waals surface area contributed by atoms with Crippen molar-refractivity contribution >= 4 is 46.4 Å². The van der Waals surface area contributed by atoms with Crippen molar-refractivity contribution in [2.75, 3.05) is 19.1 Å². The standard InChI is InChI=1S/C17H16IN3O5/c1-25-14-7-10(6-13(18)16(14)26-9-15(19)22)8-20-21-12-4-2-11(3-5-12)17(23)24/h2-8,21H,9H2,1H3,(H2,19,22)(H,23,24). The number of rotatable bonds is 8. The van der Waals surface area contributed by atoms with Crippen molar-refractivity contribution in [3.63, 3.8) is 0 Å². The first-order valence-corrected chi connectivity index (χ1v) is 8.39. The summed E-state index contributed by atoms with van der Waals surface area (Å²) in [5, 5.41) is 13.0. The number of hydrogen-bond acceptors (Lipinski definition) is 6. The molecular formula is C17H16IN3O5. The van der Waals surface area contributed by atoms with Crippen LogP contribution in [0.25, 0.3) is 0 Å². The number of benzene rings is 2. The Bertz CT molecular complexity index is 837. The van der Waals surface area contributed by atoms with Crippen LogP contribution < -0.4 is 20.6 Å². The molecule has 2 aromatic rings. The predicted octanol–water partition coefficient (Wildman–Crippen LogP) is 2.31. The molecule has 9 heteroatoms. The minimum absolute atomic E-state index is 0.199. The van der Waals surface area contributed by atoms with Gasteiger partial charge in [0.05, 0.1) is 28.1 Å². The van der Waals surface area contributed by atoms with Gasteiger partial charge in [0.25, 0.3) is 5.91 Å². The summed E-state index contributed by atoms with van der Waals surface area (Å²) in [6.45, 7) is -0.242. The number of carbonyl (C=O) groups is 2. The molecule has 1 amide bonds. The van der Waals surface area contributed by atoms with Gasteiger partial charge in [0, 0.05) is 0 Å². The Hall–Kier alpha value is -2.82. The first-order valence-electron chi connectivity index (χ1n) is 7.31. The highest BCUT2D eigenvalue weighted by Gasteiger charge is 2.12. The molecule has 0 aliphatic rings. The molecule has 0 aliphatic heterocycles. The third-order valence-electron chi connectivity index (χ3n) is 3.15. The number of carbonyl (C=O) groups excluding carboxylic acids is 1. The number of ether oxygens (including phenoxy) is 2. The second-order valence-corrected chi connectivity index (χ2v) is 6.20. The number of hydrogen-bond donors (Lipinski definition) is 3. The lowest BCUT2D eigenvalue weighted by Crippen LogP contribution is -2.20. The summed E-state index contributed by atoms with van der Waals surface area (Å²) >= 11 is 2.06. The van der Waals surface area contributed by atoms with E-state index in [1.54, 1.807) is 30.5 Å². The van der Waals surface area contributed by atoms with Crippen LogP contribution in [0.4, 0.5) is 5.69 Å². The minimum Gasteiger partial charge on any atom is -0.493 e. The number of nitrogens with zero attached hydrogens (tertiary/aromatic N) is 1. The fourth-order valence-electron chi connectivity index (χ4n) is 1.97. The van der Waals surface area contributed by atoms with Crippen LogP contribution in [0, 0.1) is 3.57 Å². The number of nitrogens with one attached hydrogen (secondary N) is 1. The van der Waals surface area contributed by atoms with Crippen LogP contribution in [0.2, 0.25) is 0 Å². The maximum absolute atomic E-state index is 10.9. The molecule has 0 saturated carbocycles. The van der Waals surface area contributed by atoms with Gasteiger partial charge in [-0.25, -0.2) is 4.79 Å². The van der Waals surface area contributed by atoms with Gasteiger partial charge < -0.3 is 20.3 Å². The highest BCUT2D eigenvalue weighted by Crippen LogP contribution is 2.33. The SMILES string of the molecule is COc1cc(C=NNc2ccc(C(=O)O)cc2)cc(I)c1OCC(N)=O. The number of carboxylic acid groups (broad SMARTS) is 1. The van der Waals surface area contributed by atoms with Crippen molar-refractivity contribution in [3.8, 4) is 11.5 Å². The molecule has 0 fully saturated rings. The average molecular weight is 469 g/mol. The highest BCUT2D eigenvalue weighted by molar-refractivity contribution is 14.1. The number of primary amides is 1. The first kappa shape index (κ1) is 19.5. The summed E-state index contributed by atoms with van der Waals surface area (Å²) in [5.74, 6) is -0.682. The van der Waals surface area contributed by atoms with Crippen molar-refractivity contribution in [3.05, 3.63) is 51.1 Å². The van der Waals surface area contributed by atoms with Crippen molar-refractivity contribution in [2.24, 2.45) is 10.8 Å². The molecule has 0 radical (unpaired) electrons. The molecule has 0 unspecified atom stereocenters. The molecule has 26 heavy (non-hydrogen) atoms. The molecule has 0 aliphatic carbocycles. The third-order valence-corrected chi connectivity index (χ3v) is 3.95. The summed E-state index contributed by atoms with van der Waals surface area (Å²) in [7, 11) is 1.49. The van der Waals surface area contributed by atoms with E-state index in [9.17, 15) is 9.59 Å². The Kier molecular flexibility index (Phi) is 6.78. The fourth-order valence-corrected chi connectivity index (χ4v) is 2.75. The van der Waals surface area contributed by atoms with Crippen molar-refractivity contribution < 1.29 is 24.2 Å².